The molecule has 5 nitrogen and oxygen atoms in total. The topological polar surface area (TPSA) is 59.5 Å². The van der Waals surface area contributed by atoms with Crippen molar-refractivity contribution in [2.75, 3.05) is 7.11 Å². The van der Waals surface area contributed by atoms with Crippen molar-refractivity contribution in [3.05, 3.63) is 40.3 Å². The number of sulfonamides is 1. The molecule has 0 spiro atoms. The average molecular weight is 338 g/mol. The zero-order chi connectivity index (χ0) is 15.7. The van der Waals surface area contributed by atoms with E-state index in [1.807, 2.05) is 12.3 Å². The Bertz CT molecular complexity index is 753. The zero-order valence-corrected chi connectivity index (χ0v) is 14.2. The van der Waals surface area contributed by atoms with Gasteiger partial charge < -0.3 is 4.74 Å². The number of nitrogens with zero attached hydrogens (tertiary/aromatic N) is 2. The molecule has 0 atom stereocenters. The largest absolute Gasteiger partial charge is 0.496 e. The number of aromatic nitrogens is 1. The smallest absolute Gasteiger partial charge is 0.243 e. The van der Waals surface area contributed by atoms with E-state index in [9.17, 15) is 8.42 Å². The lowest BCUT2D eigenvalue weighted by atomic mass is 10.2. The minimum atomic E-state index is -3.52. The Kier molecular flexibility index (Phi) is 4.20. The van der Waals surface area contributed by atoms with E-state index < -0.39 is 10.0 Å². The van der Waals surface area contributed by atoms with Crippen LogP contribution in [0.15, 0.2) is 34.7 Å². The highest BCUT2D eigenvalue weighted by molar-refractivity contribution is 7.89. The molecule has 3 rings (SSSR count). The molecule has 0 aliphatic heterocycles. The van der Waals surface area contributed by atoms with Gasteiger partial charge in [0.25, 0.3) is 0 Å². The second-order valence-electron chi connectivity index (χ2n) is 5.34. The molecule has 118 valence electrons. The maximum Gasteiger partial charge on any atom is 0.243 e. The van der Waals surface area contributed by atoms with Gasteiger partial charge in [0.15, 0.2) is 0 Å². The molecule has 1 aromatic carbocycles. The standard InChI is InChI=1S/C15H18N2O3S2/c1-11-9-13(5-6-14(11)20-2)22(18,19)17(12-3-4-12)10-15-16-7-8-21-15/h5-9,12H,3-4,10H2,1-2H3. The molecule has 2 aromatic rings. The van der Waals surface area contributed by atoms with Crippen LogP contribution in [-0.4, -0.2) is 30.9 Å². The van der Waals surface area contributed by atoms with Gasteiger partial charge in [0.05, 0.1) is 18.6 Å². The van der Waals surface area contributed by atoms with Crippen molar-refractivity contribution in [2.45, 2.75) is 37.2 Å². The number of ether oxygens (including phenoxy) is 1. The van der Waals surface area contributed by atoms with Crippen molar-refractivity contribution >= 4 is 21.4 Å². The highest BCUT2D eigenvalue weighted by Crippen LogP contribution is 2.34. The van der Waals surface area contributed by atoms with Gasteiger partial charge in [0.1, 0.15) is 10.8 Å². The highest BCUT2D eigenvalue weighted by Gasteiger charge is 2.38. The molecule has 1 aromatic heterocycles. The van der Waals surface area contributed by atoms with Gasteiger partial charge in [-0.1, -0.05) is 0 Å². The number of methoxy groups -OCH3 is 1. The monoisotopic (exact) mass is 338 g/mol. The predicted octanol–water partition coefficient (Wildman–Crippen LogP) is 2.81. The molecule has 1 fully saturated rings. The molecule has 1 aliphatic carbocycles. The lowest BCUT2D eigenvalue weighted by Crippen LogP contribution is -2.32. The van der Waals surface area contributed by atoms with Crippen LogP contribution in [0.5, 0.6) is 5.75 Å². The molecule has 1 saturated carbocycles. The highest BCUT2D eigenvalue weighted by atomic mass is 32.2. The minimum absolute atomic E-state index is 0.0938. The molecular weight excluding hydrogens is 320 g/mol. The third-order valence-corrected chi connectivity index (χ3v) is 6.36. The summed E-state index contributed by atoms with van der Waals surface area (Å²) in [5, 5.41) is 2.69. The van der Waals surface area contributed by atoms with E-state index >= 15 is 0 Å². The van der Waals surface area contributed by atoms with E-state index in [4.69, 9.17) is 4.74 Å². The summed E-state index contributed by atoms with van der Waals surface area (Å²) < 4.78 is 32.7. The molecule has 1 aliphatic rings. The number of benzene rings is 1. The molecule has 7 heteroatoms. The summed E-state index contributed by atoms with van der Waals surface area (Å²) in [6, 6.07) is 5.08. The summed E-state index contributed by atoms with van der Waals surface area (Å²) in [6.45, 7) is 2.19. The molecule has 1 heterocycles. The maximum absolute atomic E-state index is 13.0. The summed E-state index contributed by atoms with van der Waals surface area (Å²) in [6.07, 6.45) is 3.54. The molecular formula is C15H18N2O3S2. The Balaban J connectivity index is 1.93. The molecule has 0 unspecified atom stereocenters. The fourth-order valence-corrected chi connectivity index (χ4v) is 4.81. The van der Waals surface area contributed by atoms with Crippen LogP contribution in [0.2, 0.25) is 0 Å². The van der Waals surface area contributed by atoms with Crippen LogP contribution < -0.4 is 4.74 Å². The van der Waals surface area contributed by atoms with Crippen molar-refractivity contribution < 1.29 is 13.2 Å². The van der Waals surface area contributed by atoms with Crippen molar-refractivity contribution in [3.8, 4) is 5.75 Å². The fraction of sp³-hybridized carbons (Fsp3) is 0.400. The maximum atomic E-state index is 13.0. The van der Waals surface area contributed by atoms with Crippen LogP contribution in [0.1, 0.15) is 23.4 Å². The van der Waals surface area contributed by atoms with E-state index in [1.54, 1.807) is 35.8 Å². The first-order chi connectivity index (χ1) is 10.5. The molecule has 0 bridgehead atoms. The van der Waals surface area contributed by atoms with Gasteiger partial charge in [-0.05, 0) is 43.5 Å². The van der Waals surface area contributed by atoms with Gasteiger partial charge in [-0.3, -0.25) is 0 Å². The number of hydrogen-bond acceptors (Lipinski definition) is 5. The minimum Gasteiger partial charge on any atom is -0.496 e. The Morgan fingerprint density at radius 3 is 2.73 bits per heavy atom. The average Bonchev–Trinajstić information content (AvgIpc) is 3.20. The van der Waals surface area contributed by atoms with Crippen LogP contribution in [0.4, 0.5) is 0 Å². The van der Waals surface area contributed by atoms with Crippen molar-refractivity contribution in [1.82, 2.24) is 9.29 Å². The second-order valence-corrected chi connectivity index (χ2v) is 8.21. The van der Waals surface area contributed by atoms with E-state index in [2.05, 4.69) is 4.98 Å². The number of hydrogen-bond donors (Lipinski definition) is 0. The van der Waals surface area contributed by atoms with Gasteiger partial charge in [0, 0.05) is 17.6 Å². The first kappa shape index (κ1) is 15.5. The number of aryl methyl sites for hydroxylation is 1. The van der Waals surface area contributed by atoms with Crippen LogP contribution in [0.3, 0.4) is 0 Å². The Labute approximate surface area is 134 Å². The van der Waals surface area contributed by atoms with E-state index in [0.29, 0.717) is 17.2 Å². The third-order valence-electron chi connectivity index (χ3n) is 3.70. The summed E-state index contributed by atoms with van der Waals surface area (Å²) in [7, 11) is -1.94. The number of thiazole rings is 1. The van der Waals surface area contributed by atoms with E-state index in [0.717, 1.165) is 23.4 Å². The van der Waals surface area contributed by atoms with E-state index in [1.165, 1.54) is 11.3 Å². The SMILES string of the molecule is COc1ccc(S(=O)(=O)N(Cc2nccs2)C2CC2)cc1C. The van der Waals surface area contributed by atoms with Crippen molar-refractivity contribution in [2.24, 2.45) is 0 Å². The predicted molar refractivity (Wildman–Crippen MR) is 85.6 cm³/mol. The molecule has 0 amide bonds. The lowest BCUT2D eigenvalue weighted by Gasteiger charge is -2.21. The van der Waals surface area contributed by atoms with Gasteiger partial charge in [-0.2, -0.15) is 4.31 Å². The third kappa shape index (κ3) is 3.02. The molecule has 22 heavy (non-hydrogen) atoms. The normalized spacial score (nSPS) is 15.2. The quantitative estimate of drug-likeness (QED) is 0.813. The van der Waals surface area contributed by atoms with Crippen LogP contribution in [0.25, 0.3) is 0 Å². The van der Waals surface area contributed by atoms with Gasteiger partial charge in [-0.25, -0.2) is 13.4 Å². The molecule has 0 N–H and O–H groups in total. The Hall–Kier alpha value is -1.44. The van der Waals surface area contributed by atoms with Crippen molar-refractivity contribution in [1.29, 1.82) is 0 Å². The summed E-state index contributed by atoms with van der Waals surface area (Å²) in [4.78, 5) is 4.52. The lowest BCUT2D eigenvalue weighted by molar-refractivity contribution is 0.397. The van der Waals surface area contributed by atoms with Crippen LogP contribution >= 0.6 is 11.3 Å². The Morgan fingerprint density at radius 1 is 1.41 bits per heavy atom. The molecule has 0 saturated heterocycles. The van der Waals surface area contributed by atoms with Gasteiger partial charge >= 0.3 is 0 Å². The first-order valence-electron chi connectivity index (χ1n) is 7.07. The van der Waals surface area contributed by atoms with E-state index in [-0.39, 0.29) is 6.04 Å². The summed E-state index contributed by atoms with van der Waals surface area (Å²) in [5.41, 5.74) is 0.813. The Morgan fingerprint density at radius 2 is 2.18 bits per heavy atom. The first-order valence-corrected chi connectivity index (χ1v) is 9.39. The zero-order valence-electron chi connectivity index (χ0n) is 12.5. The fourth-order valence-electron chi connectivity index (χ4n) is 2.38. The van der Waals surface area contributed by atoms with Gasteiger partial charge in [-0.15, -0.1) is 11.3 Å². The molecule has 0 radical (unpaired) electrons. The van der Waals surface area contributed by atoms with Gasteiger partial charge in [0.2, 0.25) is 10.0 Å². The van der Waals surface area contributed by atoms with Crippen LogP contribution in [0, 0.1) is 6.92 Å². The summed E-state index contributed by atoms with van der Waals surface area (Å²) >= 11 is 1.48. The van der Waals surface area contributed by atoms with Crippen LogP contribution in [-0.2, 0) is 16.6 Å². The summed E-state index contributed by atoms with van der Waals surface area (Å²) in [5.74, 6) is 0.692. The van der Waals surface area contributed by atoms with Crippen molar-refractivity contribution in [3.63, 3.8) is 0 Å². The number of rotatable bonds is 6. The second kappa shape index (κ2) is 5.98.